The fourth-order valence-electron chi connectivity index (χ4n) is 4.90. The molecule has 3 aromatic rings. The number of rotatable bonds is 12. The van der Waals surface area contributed by atoms with Crippen LogP contribution in [-0.2, 0) is 4.79 Å². The van der Waals surface area contributed by atoms with Crippen LogP contribution in [0, 0.1) is 5.82 Å². The molecule has 6 nitrogen and oxygen atoms in total. The second kappa shape index (κ2) is 12.2. The highest BCUT2D eigenvalue weighted by Crippen LogP contribution is 2.34. The second-order valence-corrected chi connectivity index (χ2v) is 9.32. The van der Waals surface area contributed by atoms with Crippen LogP contribution in [0.2, 0.25) is 0 Å². The number of carbonyl (C=O) groups excluding carboxylic acids is 1. The number of ether oxygens (including phenoxy) is 2. The van der Waals surface area contributed by atoms with E-state index in [1.165, 1.54) is 12.1 Å². The van der Waals surface area contributed by atoms with Gasteiger partial charge in [-0.3, -0.25) is 0 Å². The van der Waals surface area contributed by atoms with E-state index in [0.29, 0.717) is 29.6 Å². The first-order valence-corrected chi connectivity index (χ1v) is 12.7. The molecule has 1 atom stereocenters. The van der Waals surface area contributed by atoms with E-state index >= 15 is 0 Å². The summed E-state index contributed by atoms with van der Waals surface area (Å²) in [5.74, 6) is 1.32. The van der Waals surface area contributed by atoms with Crippen LogP contribution in [-0.4, -0.2) is 49.7 Å². The van der Waals surface area contributed by atoms with E-state index in [1.807, 2.05) is 18.2 Å². The van der Waals surface area contributed by atoms with Crippen molar-refractivity contribution in [3.05, 3.63) is 53.5 Å². The maximum atomic E-state index is 13.4. The van der Waals surface area contributed by atoms with Crippen LogP contribution in [0.25, 0.3) is 11.0 Å². The number of halogens is 1. The molecular formula is C28H35FN2O4. The number of carbonyl (C=O) groups is 1. The molecule has 1 saturated heterocycles. The summed E-state index contributed by atoms with van der Waals surface area (Å²) in [6, 6.07) is 10.4. The van der Waals surface area contributed by atoms with Gasteiger partial charge in [0.1, 0.15) is 12.1 Å². The molecule has 0 bridgehead atoms. The zero-order chi connectivity index (χ0) is 24.6. The van der Waals surface area contributed by atoms with Gasteiger partial charge < -0.3 is 23.7 Å². The minimum Gasteiger partial charge on any atom is -0.493 e. The summed E-state index contributed by atoms with van der Waals surface area (Å²) in [6.45, 7) is 5.67. The van der Waals surface area contributed by atoms with Gasteiger partial charge in [0.25, 0.3) is 0 Å². The predicted molar refractivity (Wildman–Crippen MR) is 134 cm³/mol. The number of piperidine rings is 1. The van der Waals surface area contributed by atoms with Crippen LogP contribution in [0.15, 0.2) is 40.9 Å². The van der Waals surface area contributed by atoms with Crippen molar-refractivity contribution in [1.82, 2.24) is 10.1 Å². The van der Waals surface area contributed by atoms with Crippen molar-refractivity contribution in [2.24, 2.45) is 0 Å². The molecule has 0 aliphatic carbocycles. The number of benzene rings is 2. The van der Waals surface area contributed by atoms with Crippen molar-refractivity contribution >= 4 is 17.3 Å². The van der Waals surface area contributed by atoms with Gasteiger partial charge in [0.2, 0.25) is 0 Å². The van der Waals surface area contributed by atoms with E-state index < -0.39 is 0 Å². The Kier molecular flexibility index (Phi) is 8.74. The van der Waals surface area contributed by atoms with E-state index in [-0.39, 0.29) is 11.7 Å². The molecule has 1 aromatic heterocycles. The molecule has 35 heavy (non-hydrogen) atoms. The Morgan fingerprint density at radius 2 is 2.00 bits per heavy atom. The summed E-state index contributed by atoms with van der Waals surface area (Å²) in [4.78, 5) is 14.0. The fraction of sp³-hybridized carbons (Fsp3) is 0.500. The van der Waals surface area contributed by atoms with Gasteiger partial charge in [-0.2, -0.15) is 0 Å². The number of hydrogen-bond donors (Lipinski definition) is 0. The molecule has 0 amide bonds. The van der Waals surface area contributed by atoms with Crippen LogP contribution in [0.1, 0.15) is 68.5 Å². The Labute approximate surface area is 206 Å². The van der Waals surface area contributed by atoms with Crippen molar-refractivity contribution in [3.63, 3.8) is 0 Å². The average molecular weight is 483 g/mol. The van der Waals surface area contributed by atoms with Crippen molar-refractivity contribution in [2.75, 3.05) is 33.4 Å². The van der Waals surface area contributed by atoms with Gasteiger partial charge in [0.05, 0.1) is 19.4 Å². The van der Waals surface area contributed by atoms with Gasteiger partial charge >= 0.3 is 0 Å². The van der Waals surface area contributed by atoms with E-state index in [4.69, 9.17) is 14.0 Å². The third kappa shape index (κ3) is 6.20. The number of fused-ring (bicyclic) bond motifs is 1. The number of aldehydes is 1. The molecule has 1 aliphatic heterocycles. The Morgan fingerprint density at radius 1 is 1.17 bits per heavy atom. The quantitative estimate of drug-likeness (QED) is 0.230. The molecule has 0 N–H and O–H groups in total. The van der Waals surface area contributed by atoms with Crippen molar-refractivity contribution < 1.29 is 23.2 Å². The first-order valence-electron chi connectivity index (χ1n) is 12.7. The minimum absolute atomic E-state index is 0.0998. The van der Waals surface area contributed by atoms with Crippen molar-refractivity contribution in [2.45, 2.75) is 57.3 Å². The lowest BCUT2D eigenvalue weighted by Crippen LogP contribution is -2.34. The average Bonchev–Trinajstić information content (AvgIpc) is 3.30. The third-order valence-corrected chi connectivity index (χ3v) is 6.96. The number of likely N-dealkylation sites (tertiary alicyclic amines) is 1. The second-order valence-electron chi connectivity index (χ2n) is 9.32. The molecule has 0 radical (unpaired) electrons. The van der Waals surface area contributed by atoms with Crippen molar-refractivity contribution in [1.29, 1.82) is 0 Å². The molecule has 7 heteroatoms. The predicted octanol–water partition coefficient (Wildman–Crippen LogP) is 6.10. The monoisotopic (exact) mass is 482 g/mol. The number of unbranched alkanes of at least 4 members (excludes halogenated alkanes) is 1. The van der Waals surface area contributed by atoms with Crippen LogP contribution >= 0.6 is 0 Å². The molecule has 0 saturated carbocycles. The molecule has 4 rings (SSSR count). The summed E-state index contributed by atoms with van der Waals surface area (Å²) in [6.07, 6.45) is 6.89. The molecule has 1 aliphatic rings. The molecular weight excluding hydrogens is 447 g/mol. The topological polar surface area (TPSA) is 64.8 Å². The van der Waals surface area contributed by atoms with E-state index in [9.17, 15) is 9.18 Å². The number of nitrogens with zero attached hydrogens (tertiary/aromatic N) is 2. The number of hydrogen-bond acceptors (Lipinski definition) is 6. The minimum atomic E-state index is -0.303. The maximum absolute atomic E-state index is 13.4. The lowest BCUT2D eigenvalue weighted by Gasteiger charge is -2.31. The normalized spacial score (nSPS) is 15.9. The molecule has 2 aromatic carbocycles. The van der Waals surface area contributed by atoms with Gasteiger partial charge in [-0.05, 0) is 68.6 Å². The van der Waals surface area contributed by atoms with Gasteiger partial charge in [-0.15, -0.1) is 0 Å². The smallest absolute Gasteiger partial charge is 0.170 e. The van der Waals surface area contributed by atoms with Gasteiger partial charge in [0, 0.05) is 29.8 Å². The molecule has 2 heterocycles. The van der Waals surface area contributed by atoms with E-state index in [0.717, 1.165) is 81.1 Å². The zero-order valence-electron chi connectivity index (χ0n) is 20.7. The first-order chi connectivity index (χ1) is 17.1. The van der Waals surface area contributed by atoms with Gasteiger partial charge in [-0.1, -0.05) is 31.0 Å². The first kappa shape index (κ1) is 25.2. The fourth-order valence-corrected chi connectivity index (χ4v) is 4.90. The van der Waals surface area contributed by atoms with Gasteiger partial charge in [-0.25, -0.2) is 4.39 Å². The van der Waals surface area contributed by atoms with Gasteiger partial charge in [0.15, 0.2) is 17.1 Å². The lowest BCUT2D eigenvalue weighted by molar-refractivity contribution is -0.109. The number of aromatic nitrogens is 1. The van der Waals surface area contributed by atoms with Crippen LogP contribution in [0.3, 0.4) is 0 Å². The summed E-state index contributed by atoms with van der Waals surface area (Å²) in [7, 11) is 1.63. The molecule has 1 fully saturated rings. The summed E-state index contributed by atoms with van der Waals surface area (Å²) in [5, 5.41) is 5.16. The Morgan fingerprint density at radius 3 is 2.74 bits per heavy atom. The highest BCUT2D eigenvalue weighted by atomic mass is 19.1. The number of methoxy groups -OCH3 is 1. The Bertz CT molecular complexity index is 1110. The highest BCUT2D eigenvalue weighted by molar-refractivity contribution is 5.79. The van der Waals surface area contributed by atoms with E-state index in [2.05, 4.69) is 17.0 Å². The van der Waals surface area contributed by atoms with Crippen LogP contribution < -0.4 is 9.47 Å². The van der Waals surface area contributed by atoms with Crippen LogP contribution in [0.5, 0.6) is 11.5 Å². The SMILES string of the molecule is CCCCC(C=O)c1ccc(OCCCN2CCC(c3noc4cc(F)ccc34)CC2)c(OC)c1. The third-order valence-electron chi connectivity index (χ3n) is 6.96. The molecule has 188 valence electrons. The van der Waals surface area contributed by atoms with Crippen molar-refractivity contribution in [3.8, 4) is 11.5 Å². The summed E-state index contributed by atoms with van der Waals surface area (Å²) < 4.78 is 30.3. The zero-order valence-corrected chi connectivity index (χ0v) is 20.7. The Balaban J connectivity index is 1.23. The Hall–Kier alpha value is -2.93. The molecule has 1 unspecified atom stereocenters. The van der Waals surface area contributed by atoms with E-state index in [1.54, 1.807) is 13.2 Å². The highest BCUT2D eigenvalue weighted by Gasteiger charge is 2.25. The standard InChI is InChI=1S/C28H35FN2O4/c1-3-4-6-22(19-32)21-7-10-25(27(17-21)33-2)34-16-5-13-31-14-11-20(12-15-31)28-24-9-8-23(29)18-26(24)35-30-28/h7-10,17-20,22H,3-6,11-16H2,1-2H3. The largest absolute Gasteiger partial charge is 0.493 e. The maximum Gasteiger partial charge on any atom is 0.170 e. The molecule has 0 spiro atoms. The van der Waals surface area contributed by atoms with Crippen LogP contribution in [0.4, 0.5) is 4.39 Å². The summed E-state index contributed by atoms with van der Waals surface area (Å²) >= 11 is 0. The lowest BCUT2D eigenvalue weighted by atomic mass is 9.91. The summed E-state index contributed by atoms with van der Waals surface area (Å²) in [5.41, 5.74) is 2.45.